The first-order chi connectivity index (χ1) is 26.3. The second-order valence-electron chi connectivity index (χ2n) is 12.6. The topological polar surface area (TPSA) is 306 Å². The number of esters is 2. The van der Waals surface area contributed by atoms with Crippen LogP contribution in [0.1, 0.15) is 66.4 Å². The van der Waals surface area contributed by atoms with E-state index in [0.29, 0.717) is 17.2 Å². The summed E-state index contributed by atoms with van der Waals surface area (Å²) in [6.45, 7) is 8.57. The number of aliphatic hydroxyl groups excluding tert-OH is 1. The van der Waals surface area contributed by atoms with Crippen molar-refractivity contribution in [3.8, 4) is 0 Å². The Balaban J connectivity index is 0.00000241. The minimum atomic E-state index is -1.87. The number of carbonyl (C=O) groups excluding carboxylic acids is 7. The summed E-state index contributed by atoms with van der Waals surface area (Å²) in [6, 6.07) is 4.02. The largest absolute Gasteiger partial charge is 0.481 e. The molecular weight excluding hydrogens is 746 g/mol. The molecule has 0 spiro atoms. The van der Waals surface area contributed by atoms with Gasteiger partial charge < -0.3 is 50.2 Å². The molecule has 5 amide bonds. The minimum absolute atomic E-state index is 0.0188. The summed E-state index contributed by atoms with van der Waals surface area (Å²) in [5.74, 6) is -8.54. The number of epoxide rings is 1. The van der Waals surface area contributed by atoms with Gasteiger partial charge in [-0.3, -0.25) is 39.0 Å². The summed E-state index contributed by atoms with van der Waals surface area (Å²) >= 11 is 0. The lowest BCUT2D eigenvalue weighted by atomic mass is 10.0. The third kappa shape index (κ3) is 18.5. The lowest BCUT2D eigenvalue weighted by molar-refractivity contribution is -0.152. The van der Waals surface area contributed by atoms with Gasteiger partial charge >= 0.3 is 30.0 Å². The highest BCUT2D eigenvalue weighted by Crippen LogP contribution is 2.25. The fraction of sp³-hybridized carbons (Fsp3) is 0.571. The maximum absolute atomic E-state index is 13.4. The summed E-state index contributed by atoms with van der Waals surface area (Å²) in [6.07, 6.45) is -6.41. The number of benzene rings is 1. The zero-order valence-electron chi connectivity index (χ0n) is 32.0. The van der Waals surface area contributed by atoms with E-state index < -0.39 is 103 Å². The number of amides is 5. The average molecular weight is 798 g/mol. The predicted octanol–water partition coefficient (Wildman–Crippen LogP) is -0.613. The zero-order valence-corrected chi connectivity index (χ0v) is 32.0. The fourth-order valence-corrected chi connectivity index (χ4v) is 4.65. The highest BCUT2D eigenvalue weighted by molar-refractivity contribution is 5.97. The van der Waals surface area contributed by atoms with Gasteiger partial charge in [-0.2, -0.15) is 0 Å². The Morgan fingerprint density at radius 3 is 1.89 bits per heavy atom. The van der Waals surface area contributed by atoms with Gasteiger partial charge in [0.15, 0.2) is 12.2 Å². The number of nitrogens with zero attached hydrogens (tertiary/aromatic N) is 1. The van der Waals surface area contributed by atoms with Gasteiger partial charge in [-0.05, 0) is 45.1 Å². The predicted molar refractivity (Wildman–Crippen MR) is 191 cm³/mol. The molecule has 6 atom stereocenters. The summed E-state index contributed by atoms with van der Waals surface area (Å²) < 4.78 is 19.3. The first-order valence-electron chi connectivity index (χ1n) is 17.6. The summed E-state index contributed by atoms with van der Waals surface area (Å²) in [7, 11) is 0. The molecule has 1 fully saturated rings. The molecule has 1 aliphatic rings. The van der Waals surface area contributed by atoms with Gasteiger partial charge in [0.2, 0.25) is 11.8 Å². The van der Waals surface area contributed by atoms with Crippen LogP contribution in [-0.4, -0.2) is 130 Å². The van der Waals surface area contributed by atoms with Gasteiger partial charge in [-0.1, -0.05) is 44.2 Å². The Labute approximate surface area is 322 Å². The van der Waals surface area contributed by atoms with Gasteiger partial charge in [-0.15, -0.1) is 0 Å². The number of hydrogen-bond acceptors (Lipinski definition) is 14. The number of hydrogen-bond donors (Lipinski definition) is 7. The second kappa shape index (κ2) is 24.6. The lowest BCUT2D eigenvalue weighted by Crippen LogP contribution is -2.61. The average Bonchev–Trinajstić information content (AvgIpc) is 3.92. The molecule has 0 aromatic heterocycles. The number of aliphatic carboxylic acids is 2. The smallest absolute Gasteiger partial charge is 0.408 e. The zero-order chi connectivity index (χ0) is 42.5. The molecule has 21 heteroatoms. The number of nitrogens with one attached hydrogen (secondary N) is 4. The van der Waals surface area contributed by atoms with Crippen LogP contribution in [0.2, 0.25) is 0 Å². The van der Waals surface area contributed by atoms with E-state index in [4.69, 9.17) is 14.2 Å². The standard InChI is InChI=1S/C31H43N5O14.C4H8O2/c1-5-48-30(46)25-24(50-25)29(45)36(14-22(40)41)35-28(44)23(17(4)37)34-26(42)19(11-12-21(38)39)32-27(43)20(13-16(2)3)33-31(47)49-15-18-9-7-6-8-10-18;1-3-6-4(2)5/h6-10,16-17,19-20,23-25,37H,5,11-15H2,1-4H3,(H,32,43)(H,33,47)(H,34,42)(H,35,44)(H,38,39)(H,40,41);3H2,1-2H3. The van der Waals surface area contributed by atoms with Gasteiger partial charge in [-0.25, -0.2) is 14.6 Å². The molecule has 1 aliphatic heterocycles. The van der Waals surface area contributed by atoms with Gasteiger partial charge in [0, 0.05) is 13.3 Å². The molecule has 56 heavy (non-hydrogen) atoms. The molecule has 1 heterocycles. The quantitative estimate of drug-likeness (QED) is 0.0375. The van der Waals surface area contributed by atoms with Crippen molar-refractivity contribution in [3.63, 3.8) is 0 Å². The van der Waals surface area contributed by atoms with Crippen molar-refractivity contribution in [2.45, 2.75) is 104 Å². The summed E-state index contributed by atoms with van der Waals surface area (Å²) in [5, 5.41) is 36.2. The molecule has 312 valence electrons. The van der Waals surface area contributed by atoms with Gasteiger partial charge in [0.05, 0.1) is 19.3 Å². The number of carboxylic acids is 2. The van der Waals surface area contributed by atoms with Crippen LogP contribution in [0.25, 0.3) is 0 Å². The normalized spacial score (nSPS) is 16.1. The highest BCUT2D eigenvalue weighted by atomic mass is 16.6. The third-order valence-corrected chi connectivity index (χ3v) is 7.28. The molecule has 1 aromatic carbocycles. The van der Waals surface area contributed by atoms with Crippen LogP contribution in [0.3, 0.4) is 0 Å². The Bertz CT molecular complexity index is 1520. The fourth-order valence-electron chi connectivity index (χ4n) is 4.65. The van der Waals surface area contributed by atoms with E-state index in [2.05, 4.69) is 20.7 Å². The number of carboxylic acid groups (broad SMARTS) is 2. The Morgan fingerprint density at radius 2 is 1.39 bits per heavy atom. The van der Waals surface area contributed by atoms with Gasteiger partial charge in [0.25, 0.3) is 11.8 Å². The number of hydrazine groups is 1. The van der Waals surface area contributed by atoms with Crippen molar-refractivity contribution >= 4 is 53.6 Å². The monoisotopic (exact) mass is 797 g/mol. The maximum Gasteiger partial charge on any atom is 0.408 e. The second-order valence-corrected chi connectivity index (χ2v) is 12.6. The molecule has 6 unspecified atom stereocenters. The van der Waals surface area contributed by atoms with Crippen molar-refractivity contribution in [1.29, 1.82) is 0 Å². The van der Waals surface area contributed by atoms with Crippen LogP contribution in [0, 0.1) is 5.92 Å². The van der Waals surface area contributed by atoms with E-state index in [1.165, 1.54) is 13.8 Å². The molecule has 0 bridgehead atoms. The van der Waals surface area contributed by atoms with E-state index >= 15 is 0 Å². The van der Waals surface area contributed by atoms with Gasteiger partial charge in [0.1, 0.15) is 31.3 Å². The number of aliphatic hydroxyl groups is 1. The van der Waals surface area contributed by atoms with Crippen LogP contribution < -0.4 is 21.4 Å². The van der Waals surface area contributed by atoms with Crippen molar-refractivity contribution in [2.24, 2.45) is 5.92 Å². The number of ether oxygens (including phenoxy) is 4. The number of rotatable bonds is 20. The summed E-state index contributed by atoms with van der Waals surface area (Å²) in [4.78, 5) is 110. The molecule has 0 radical (unpaired) electrons. The van der Waals surface area contributed by atoms with Crippen molar-refractivity contribution in [1.82, 2.24) is 26.4 Å². The van der Waals surface area contributed by atoms with E-state index in [1.807, 2.05) is 5.43 Å². The SMILES string of the molecule is CCOC(=O)C1OC1C(=O)N(CC(=O)O)NC(=O)C(NC(=O)C(CCC(=O)O)NC(=O)C(CC(C)C)NC(=O)OCc1ccccc1)C(C)O.CCOC(C)=O. The molecule has 7 N–H and O–H groups in total. The van der Waals surface area contributed by atoms with E-state index in [9.17, 15) is 58.5 Å². The van der Waals surface area contributed by atoms with Crippen LogP contribution in [-0.2, 0) is 63.9 Å². The van der Waals surface area contributed by atoms with E-state index in [0.717, 1.165) is 6.92 Å². The molecule has 1 aromatic rings. The molecule has 2 rings (SSSR count). The van der Waals surface area contributed by atoms with E-state index in [-0.39, 0.29) is 31.5 Å². The third-order valence-electron chi connectivity index (χ3n) is 7.28. The first-order valence-corrected chi connectivity index (χ1v) is 17.6. The Morgan fingerprint density at radius 1 is 0.786 bits per heavy atom. The molecule has 0 aliphatic carbocycles. The highest BCUT2D eigenvalue weighted by Gasteiger charge is 2.53. The lowest BCUT2D eigenvalue weighted by Gasteiger charge is -2.28. The maximum atomic E-state index is 13.4. The van der Waals surface area contributed by atoms with Crippen molar-refractivity contribution in [3.05, 3.63) is 35.9 Å². The molecular formula is C35H51N5O16. The van der Waals surface area contributed by atoms with E-state index in [1.54, 1.807) is 51.1 Å². The summed E-state index contributed by atoms with van der Waals surface area (Å²) in [5.41, 5.74) is 2.66. The van der Waals surface area contributed by atoms with Crippen molar-refractivity contribution < 1.29 is 77.4 Å². The molecule has 0 saturated carbocycles. The Kier molecular flexibility index (Phi) is 21.1. The van der Waals surface area contributed by atoms with Crippen LogP contribution in [0.4, 0.5) is 4.79 Å². The molecule has 21 nitrogen and oxygen atoms in total. The van der Waals surface area contributed by atoms with Crippen LogP contribution in [0.15, 0.2) is 30.3 Å². The Hall–Kier alpha value is -5.83. The number of carbonyl (C=O) groups is 9. The molecule has 1 saturated heterocycles. The number of alkyl carbamates (subject to hydrolysis) is 1. The van der Waals surface area contributed by atoms with Crippen LogP contribution in [0.5, 0.6) is 0 Å². The minimum Gasteiger partial charge on any atom is -0.481 e. The van der Waals surface area contributed by atoms with Crippen molar-refractivity contribution in [2.75, 3.05) is 19.8 Å². The van der Waals surface area contributed by atoms with Crippen LogP contribution >= 0.6 is 0 Å². The first kappa shape index (κ1) is 48.2.